The number of hydrogen-bond acceptors (Lipinski definition) is 3. The molecular weight excluding hydrogens is 264 g/mol. The van der Waals surface area contributed by atoms with Crippen LogP contribution in [0.25, 0.3) is 0 Å². The van der Waals surface area contributed by atoms with E-state index >= 15 is 0 Å². The first-order chi connectivity index (χ1) is 10.3. The molecule has 0 N–H and O–H groups in total. The van der Waals surface area contributed by atoms with E-state index in [1.54, 1.807) is 12.4 Å². The first-order valence-corrected chi connectivity index (χ1v) is 7.24. The van der Waals surface area contributed by atoms with Gasteiger partial charge in [-0.05, 0) is 37.1 Å². The number of piperidine rings is 1. The van der Waals surface area contributed by atoms with Crippen molar-refractivity contribution in [3.63, 3.8) is 0 Å². The highest BCUT2D eigenvalue weighted by Crippen LogP contribution is 2.19. The lowest BCUT2D eigenvalue weighted by atomic mass is 10.1. The fourth-order valence-electron chi connectivity index (χ4n) is 2.59. The predicted octanol–water partition coefficient (Wildman–Crippen LogP) is 2.77. The molecular formula is C17H18N2O2. The Labute approximate surface area is 124 Å². The third-order valence-electron chi connectivity index (χ3n) is 3.64. The molecule has 1 aliphatic rings. The lowest BCUT2D eigenvalue weighted by molar-refractivity contribution is 0.0538. The van der Waals surface area contributed by atoms with Gasteiger partial charge in [0.15, 0.2) is 0 Å². The van der Waals surface area contributed by atoms with E-state index in [2.05, 4.69) is 4.98 Å². The van der Waals surface area contributed by atoms with Gasteiger partial charge in [-0.2, -0.15) is 0 Å². The fourth-order valence-corrected chi connectivity index (χ4v) is 2.59. The van der Waals surface area contributed by atoms with Gasteiger partial charge < -0.3 is 9.64 Å². The Kier molecular flexibility index (Phi) is 4.15. The molecule has 2 aromatic rings. The number of aromatic nitrogens is 1. The van der Waals surface area contributed by atoms with Crippen molar-refractivity contribution in [1.82, 2.24) is 9.88 Å². The normalized spacial score (nSPS) is 18.3. The molecule has 4 nitrogen and oxygen atoms in total. The maximum absolute atomic E-state index is 12.5. The van der Waals surface area contributed by atoms with Gasteiger partial charge in [-0.25, -0.2) is 0 Å². The minimum Gasteiger partial charge on any atom is -0.488 e. The Bertz CT molecular complexity index is 586. The summed E-state index contributed by atoms with van der Waals surface area (Å²) in [6.07, 6.45) is 5.42. The van der Waals surface area contributed by atoms with Crippen molar-refractivity contribution in [3.05, 3.63) is 60.4 Å². The topological polar surface area (TPSA) is 42.4 Å². The summed E-state index contributed by atoms with van der Waals surface area (Å²) in [5.41, 5.74) is 0.738. The Balaban J connectivity index is 1.64. The van der Waals surface area contributed by atoms with E-state index < -0.39 is 0 Å². The summed E-state index contributed by atoms with van der Waals surface area (Å²) in [4.78, 5) is 18.3. The lowest BCUT2D eigenvalue weighted by Gasteiger charge is -2.33. The molecule has 1 amide bonds. The molecule has 0 saturated carbocycles. The van der Waals surface area contributed by atoms with Gasteiger partial charge in [0.1, 0.15) is 11.9 Å². The molecule has 1 aliphatic heterocycles. The van der Waals surface area contributed by atoms with Crippen LogP contribution in [0.4, 0.5) is 0 Å². The van der Waals surface area contributed by atoms with Crippen molar-refractivity contribution >= 4 is 5.91 Å². The molecule has 21 heavy (non-hydrogen) atoms. The quantitative estimate of drug-likeness (QED) is 0.869. The summed E-state index contributed by atoms with van der Waals surface area (Å²) in [6.45, 7) is 1.43. The van der Waals surface area contributed by atoms with Gasteiger partial charge in [-0.15, -0.1) is 0 Å². The molecule has 108 valence electrons. The smallest absolute Gasteiger partial charge is 0.253 e. The van der Waals surface area contributed by atoms with Crippen molar-refractivity contribution in [2.45, 2.75) is 18.9 Å². The summed E-state index contributed by atoms with van der Waals surface area (Å²) in [5.74, 6) is 0.891. The Morgan fingerprint density at radius 1 is 1.14 bits per heavy atom. The van der Waals surface area contributed by atoms with Crippen LogP contribution in [0.3, 0.4) is 0 Å². The number of benzene rings is 1. The van der Waals surface area contributed by atoms with Crippen LogP contribution in [0.1, 0.15) is 23.2 Å². The van der Waals surface area contributed by atoms with Crippen molar-refractivity contribution in [1.29, 1.82) is 0 Å². The molecule has 2 heterocycles. The zero-order chi connectivity index (χ0) is 14.5. The largest absolute Gasteiger partial charge is 0.488 e. The van der Waals surface area contributed by atoms with E-state index in [4.69, 9.17) is 4.74 Å². The summed E-state index contributed by atoms with van der Waals surface area (Å²) < 4.78 is 5.94. The SMILES string of the molecule is O=C(c1ccccc1)N1CCCC(Oc2ccncc2)C1. The molecule has 1 atom stereocenters. The highest BCUT2D eigenvalue weighted by molar-refractivity contribution is 5.94. The van der Waals surface area contributed by atoms with E-state index in [-0.39, 0.29) is 12.0 Å². The number of amides is 1. The second kappa shape index (κ2) is 6.39. The average molecular weight is 282 g/mol. The molecule has 0 spiro atoms. The maximum atomic E-state index is 12.5. The highest BCUT2D eigenvalue weighted by atomic mass is 16.5. The molecule has 3 rings (SSSR count). The van der Waals surface area contributed by atoms with Gasteiger partial charge in [0.05, 0.1) is 6.54 Å². The Hall–Kier alpha value is -2.36. The van der Waals surface area contributed by atoms with Crippen LogP contribution in [0.2, 0.25) is 0 Å². The average Bonchev–Trinajstić information content (AvgIpc) is 2.56. The summed E-state index contributed by atoms with van der Waals surface area (Å²) in [6, 6.07) is 13.1. The number of hydrogen-bond donors (Lipinski definition) is 0. The third kappa shape index (κ3) is 3.40. The maximum Gasteiger partial charge on any atom is 0.253 e. The monoisotopic (exact) mass is 282 g/mol. The Morgan fingerprint density at radius 2 is 1.90 bits per heavy atom. The summed E-state index contributed by atoms with van der Waals surface area (Å²) in [7, 11) is 0. The van der Waals surface area contributed by atoms with E-state index in [0.717, 1.165) is 30.7 Å². The second-order valence-electron chi connectivity index (χ2n) is 5.18. The fraction of sp³-hybridized carbons (Fsp3) is 0.294. The molecule has 1 saturated heterocycles. The van der Waals surface area contributed by atoms with Crippen LogP contribution in [0.15, 0.2) is 54.9 Å². The van der Waals surface area contributed by atoms with Gasteiger partial charge in [-0.3, -0.25) is 9.78 Å². The predicted molar refractivity (Wildman–Crippen MR) is 80.2 cm³/mol. The molecule has 0 bridgehead atoms. The minimum absolute atomic E-state index is 0.0498. The number of carbonyl (C=O) groups excluding carboxylic acids is 1. The molecule has 1 fully saturated rings. The van der Waals surface area contributed by atoms with Gasteiger partial charge in [0, 0.05) is 24.5 Å². The first kappa shape index (κ1) is 13.6. The number of rotatable bonds is 3. The van der Waals surface area contributed by atoms with Crippen molar-refractivity contribution < 1.29 is 9.53 Å². The van der Waals surface area contributed by atoms with E-state index in [1.165, 1.54) is 0 Å². The van der Waals surface area contributed by atoms with Crippen LogP contribution in [-0.4, -0.2) is 35.0 Å². The van der Waals surface area contributed by atoms with Crippen LogP contribution < -0.4 is 4.74 Å². The zero-order valence-corrected chi connectivity index (χ0v) is 11.8. The van der Waals surface area contributed by atoms with Crippen LogP contribution in [0, 0.1) is 0 Å². The van der Waals surface area contributed by atoms with Crippen molar-refractivity contribution in [2.24, 2.45) is 0 Å². The van der Waals surface area contributed by atoms with Gasteiger partial charge in [0.2, 0.25) is 0 Å². The summed E-state index contributed by atoms with van der Waals surface area (Å²) >= 11 is 0. The summed E-state index contributed by atoms with van der Waals surface area (Å²) in [5, 5.41) is 0. The first-order valence-electron chi connectivity index (χ1n) is 7.24. The highest BCUT2D eigenvalue weighted by Gasteiger charge is 2.25. The number of nitrogens with zero attached hydrogens (tertiary/aromatic N) is 2. The molecule has 0 radical (unpaired) electrons. The molecule has 1 aromatic heterocycles. The lowest BCUT2D eigenvalue weighted by Crippen LogP contribution is -2.44. The standard InChI is InChI=1S/C17H18N2O2/c20-17(14-5-2-1-3-6-14)19-12-4-7-16(13-19)21-15-8-10-18-11-9-15/h1-3,5-6,8-11,16H,4,7,12-13H2. The zero-order valence-electron chi connectivity index (χ0n) is 11.8. The van der Waals surface area contributed by atoms with Crippen LogP contribution in [-0.2, 0) is 0 Å². The van der Waals surface area contributed by atoms with E-state index in [0.29, 0.717) is 6.54 Å². The second-order valence-corrected chi connectivity index (χ2v) is 5.18. The van der Waals surface area contributed by atoms with Crippen molar-refractivity contribution in [2.75, 3.05) is 13.1 Å². The molecule has 1 aromatic carbocycles. The number of likely N-dealkylation sites (tertiary alicyclic amines) is 1. The third-order valence-corrected chi connectivity index (χ3v) is 3.64. The Morgan fingerprint density at radius 3 is 2.67 bits per heavy atom. The van der Waals surface area contributed by atoms with Gasteiger partial charge in [0.25, 0.3) is 5.91 Å². The van der Waals surface area contributed by atoms with Gasteiger partial charge >= 0.3 is 0 Å². The molecule has 1 unspecified atom stereocenters. The van der Waals surface area contributed by atoms with E-state index in [1.807, 2.05) is 47.4 Å². The van der Waals surface area contributed by atoms with Crippen molar-refractivity contribution in [3.8, 4) is 5.75 Å². The van der Waals surface area contributed by atoms with Crippen LogP contribution >= 0.6 is 0 Å². The van der Waals surface area contributed by atoms with E-state index in [9.17, 15) is 4.79 Å². The van der Waals surface area contributed by atoms with Gasteiger partial charge in [-0.1, -0.05) is 18.2 Å². The van der Waals surface area contributed by atoms with Crippen LogP contribution in [0.5, 0.6) is 5.75 Å². The minimum atomic E-state index is 0.0498. The number of pyridine rings is 1. The number of carbonyl (C=O) groups is 1. The number of ether oxygens (including phenoxy) is 1. The molecule has 0 aliphatic carbocycles. The molecule has 4 heteroatoms.